The van der Waals surface area contributed by atoms with Gasteiger partial charge >= 0.3 is 0 Å². The number of rotatable bonds is 4. The van der Waals surface area contributed by atoms with Gasteiger partial charge in [-0.3, -0.25) is 9.59 Å². The Hall–Kier alpha value is -2.63. The van der Waals surface area contributed by atoms with Crippen LogP contribution >= 0.6 is 0 Å². The summed E-state index contributed by atoms with van der Waals surface area (Å²) in [4.78, 5) is 25.2. The molecular formula is C17H20N4O2. The smallest absolute Gasteiger partial charge is 0.228 e. The van der Waals surface area contributed by atoms with Crippen LogP contribution in [0, 0.1) is 0 Å². The first-order valence-electron chi connectivity index (χ1n) is 7.76. The van der Waals surface area contributed by atoms with E-state index in [4.69, 9.17) is 0 Å². The van der Waals surface area contributed by atoms with Crippen molar-refractivity contribution in [2.24, 2.45) is 0 Å². The Balaban J connectivity index is 1.59. The van der Waals surface area contributed by atoms with Crippen molar-refractivity contribution < 1.29 is 9.59 Å². The first-order valence-corrected chi connectivity index (χ1v) is 7.76. The summed E-state index contributed by atoms with van der Waals surface area (Å²) in [6, 6.07) is 11.7. The molecule has 1 fully saturated rings. The molecular weight excluding hydrogens is 292 g/mol. The summed E-state index contributed by atoms with van der Waals surface area (Å²) in [5, 5.41) is 7.32. The van der Waals surface area contributed by atoms with Crippen LogP contribution < -0.4 is 5.32 Å². The zero-order chi connectivity index (χ0) is 16.2. The van der Waals surface area contributed by atoms with Gasteiger partial charge in [-0.25, -0.2) is 4.68 Å². The van der Waals surface area contributed by atoms with Gasteiger partial charge in [-0.1, -0.05) is 18.2 Å². The lowest BCUT2D eigenvalue weighted by atomic mass is 10.2. The number of nitrogens with one attached hydrogen (secondary N) is 1. The first-order chi connectivity index (χ1) is 11.1. The molecule has 0 bridgehead atoms. The molecule has 0 spiro atoms. The van der Waals surface area contributed by atoms with Gasteiger partial charge in [0, 0.05) is 32.3 Å². The van der Waals surface area contributed by atoms with E-state index in [-0.39, 0.29) is 24.3 Å². The van der Waals surface area contributed by atoms with Gasteiger partial charge < -0.3 is 10.2 Å². The Morgan fingerprint density at radius 3 is 2.78 bits per heavy atom. The Bertz CT molecular complexity index is 696. The van der Waals surface area contributed by atoms with Crippen molar-refractivity contribution in [1.82, 2.24) is 20.0 Å². The number of para-hydroxylation sites is 1. The lowest BCUT2D eigenvalue weighted by Crippen LogP contribution is -2.37. The van der Waals surface area contributed by atoms with E-state index in [1.54, 1.807) is 9.58 Å². The molecule has 0 aliphatic carbocycles. The molecule has 1 saturated heterocycles. The quantitative estimate of drug-likeness (QED) is 0.921. The zero-order valence-corrected chi connectivity index (χ0v) is 13.1. The first kappa shape index (κ1) is 15.3. The second-order valence-electron chi connectivity index (χ2n) is 5.79. The summed E-state index contributed by atoms with van der Waals surface area (Å²) in [6.45, 7) is 2.77. The van der Waals surface area contributed by atoms with Crippen LogP contribution in [0.1, 0.15) is 19.0 Å². The number of carbonyl (C=O) groups is 2. The molecule has 6 heteroatoms. The summed E-state index contributed by atoms with van der Waals surface area (Å²) in [7, 11) is 0. The number of benzene rings is 1. The Morgan fingerprint density at radius 1 is 1.26 bits per heavy atom. The van der Waals surface area contributed by atoms with Gasteiger partial charge in [0.15, 0.2) is 0 Å². The van der Waals surface area contributed by atoms with Crippen molar-refractivity contribution in [3.63, 3.8) is 0 Å². The summed E-state index contributed by atoms with van der Waals surface area (Å²) in [6.07, 6.45) is 2.96. The normalized spacial score (nSPS) is 17.3. The van der Waals surface area contributed by atoms with E-state index in [1.807, 2.05) is 42.6 Å². The second kappa shape index (κ2) is 6.64. The fourth-order valence-corrected chi connectivity index (χ4v) is 2.84. The maximum Gasteiger partial charge on any atom is 0.228 e. The average Bonchev–Trinajstić information content (AvgIpc) is 3.17. The van der Waals surface area contributed by atoms with Crippen molar-refractivity contribution in [2.45, 2.75) is 25.8 Å². The van der Waals surface area contributed by atoms with Gasteiger partial charge in [-0.15, -0.1) is 0 Å². The summed E-state index contributed by atoms with van der Waals surface area (Å²) in [5.41, 5.74) is 1.72. The molecule has 6 nitrogen and oxygen atoms in total. The second-order valence-corrected chi connectivity index (χ2v) is 5.79. The van der Waals surface area contributed by atoms with E-state index in [0.717, 1.165) is 17.8 Å². The molecule has 1 aliphatic rings. The molecule has 3 rings (SSSR count). The van der Waals surface area contributed by atoms with Gasteiger partial charge in [0.05, 0.1) is 17.8 Å². The fourth-order valence-electron chi connectivity index (χ4n) is 2.84. The SMILES string of the molecule is CC(=O)NC1CCN(C(=O)Cc2ccn(-c3ccccc3)n2)C1. The highest BCUT2D eigenvalue weighted by Gasteiger charge is 2.26. The van der Waals surface area contributed by atoms with E-state index >= 15 is 0 Å². The molecule has 0 radical (unpaired) electrons. The van der Waals surface area contributed by atoms with Crippen molar-refractivity contribution in [1.29, 1.82) is 0 Å². The highest BCUT2D eigenvalue weighted by molar-refractivity contribution is 5.79. The molecule has 2 heterocycles. The van der Waals surface area contributed by atoms with Gasteiger partial charge in [-0.05, 0) is 24.6 Å². The molecule has 1 atom stereocenters. The van der Waals surface area contributed by atoms with E-state index < -0.39 is 0 Å². The maximum atomic E-state index is 12.4. The molecule has 120 valence electrons. The van der Waals surface area contributed by atoms with E-state index in [0.29, 0.717) is 13.1 Å². The molecule has 0 saturated carbocycles. The predicted molar refractivity (Wildman–Crippen MR) is 86.1 cm³/mol. The van der Waals surface area contributed by atoms with E-state index in [1.165, 1.54) is 6.92 Å². The molecule has 2 amide bonds. The number of carbonyl (C=O) groups excluding carboxylic acids is 2. The Kier molecular flexibility index (Phi) is 4.41. The third kappa shape index (κ3) is 3.77. The molecule has 2 aromatic rings. The Morgan fingerprint density at radius 2 is 2.04 bits per heavy atom. The molecule has 1 unspecified atom stereocenters. The maximum absolute atomic E-state index is 12.4. The van der Waals surface area contributed by atoms with Crippen LogP contribution in [0.5, 0.6) is 0 Å². The molecule has 1 aromatic carbocycles. The molecule has 1 aliphatic heterocycles. The molecule has 1 aromatic heterocycles. The molecule has 1 N–H and O–H groups in total. The number of aromatic nitrogens is 2. The Labute approximate surface area is 135 Å². The van der Waals surface area contributed by atoms with Crippen molar-refractivity contribution in [2.75, 3.05) is 13.1 Å². The number of hydrogen-bond acceptors (Lipinski definition) is 3. The van der Waals surface area contributed by atoms with Crippen molar-refractivity contribution in [3.05, 3.63) is 48.3 Å². The van der Waals surface area contributed by atoms with Gasteiger partial charge in [-0.2, -0.15) is 5.10 Å². The summed E-state index contributed by atoms with van der Waals surface area (Å²) in [5.74, 6) is 0.00191. The number of hydrogen-bond donors (Lipinski definition) is 1. The lowest BCUT2D eigenvalue weighted by molar-refractivity contribution is -0.129. The third-order valence-corrected chi connectivity index (χ3v) is 3.95. The predicted octanol–water partition coefficient (Wildman–Crippen LogP) is 1.15. The van der Waals surface area contributed by atoms with Gasteiger partial charge in [0.2, 0.25) is 11.8 Å². The minimum atomic E-state index is -0.0501. The molecule has 23 heavy (non-hydrogen) atoms. The lowest BCUT2D eigenvalue weighted by Gasteiger charge is -2.16. The number of amides is 2. The average molecular weight is 312 g/mol. The largest absolute Gasteiger partial charge is 0.352 e. The summed E-state index contributed by atoms with van der Waals surface area (Å²) >= 11 is 0. The zero-order valence-electron chi connectivity index (χ0n) is 13.1. The minimum Gasteiger partial charge on any atom is -0.352 e. The fraction of sp³-hybridized carbons (Fsp3) is 0.353. The van der Waals surface area contributed by atoms with Gasteiger partial charge in [0.25, 0.3) is 0 Å². The standard InChI is InChI=1S/C17H20N4O2/c1-13(22)18-15-7-9-20(12-15)17(23)11-14-8-10-21(19-14)16-5-3-2-4-6-16/h2-6,8,10,15H,7,9,11-12H2,1H3,(H,18,22). The van der Waals surface area contributed by atoms with E-state index in [2.05, 4.69) is 10.4 Å². The number of nitrogens with zero attached hydrogens (tertiary/aromatic N) is 3. The van der Waals surface area contributed by atoms with Crippen LogP contribution in [-0.2, 0) is 16.0 Å². The number of likely N-dealkylation sites (tertiary alicyclic amines) is 1. The van der Waals surface area contributed by atoms with Crippen LogP contribution in [0.2, 0.25) is 0 Å². The van der Waals surface area contributed by atoms with Crippen LogP contribution in [-0.4, -0.2) is 45.6 Å². The van der Waals surface area contributed by atoms with Crippen LogP contribution in [0.4, 0.5) is 0 Å². The summed E-state index contributed by atoms with van der Waals surface area (Å²) < 4.78 is 1.77. The van der Waals surface area contributed by atoms with Crippen molar-refractivity contribution >= 4 is 11.8 Å². The third-order valence-electron chi connectivity index (χ3n) is 3.95. The highest BCUT2D eigenvalue weighted by atomic mass is 16.2. The van der Waals surface area contributed by atoms with Crippen LogP contribution in [0.15, 0.2) is 42.6 Å². The van der Waals surface area contributed by atoms with Gasteiger partial charge in [0.1, 0.15) is 0 Å². The monoisotopic (exact) mass is 312 g/mol. The van der Waals surface area contributed by atoms with E-state index in [9.17, 15) is 9.59 Å². The van der Waals surface area contributed by atoms with Crippen LogP contribution in [0.25, 0.3) is 5.69 Å². The van der Waals surface area contributed by atoms with Crippen LogP contribution in [0.3, 0.4) is 0 Å². The van der Waals surface area contributed by atoms with Crippen molar-refractivity contribution in [3.8, 4) is 5.69 Å². The minimum absolute atomic E-state index is 0.0501. The highest BCUT2D eigenvalue weighted by Crippen LogP contribution is 2.12. The topological polar surface area (TPSA) is 67.2 Å².